The molecule has 0 amide bonds. The van der Waals surface area contributed by atoms with Crippen LogP contribution >= 0.6 is 0 Å². The average molecular weight is 222 g/mol. The van der Waals surface area contributed by atoms with E-state index in [9.17, 15) is 9.59 Å². The second-order valence-corrected chi connectivity index (χ2v) is 3.72. The third kappa shape index (κ3) is 2.21. The summed E-state index contributed by atoms with van der Waals surface area (Å²) in [5.41, 5.74) is 0.765. The molecule has 0 bridgehead atoms. The van der Waals surface area contributed by atoms with E-state index in [1.165, 1.54) is 13.2 Å². The van der Waals surface area contributed by atoms with E-state index < -0.39 is 11.9 Å². The molecule has 4 heteroatoms. The molecule has 0 fully saturated rings. The Morgan fingerprint density at radius 2 is 1.94 bits per heavy atom. The number of ether oxygens (including phenoxy) is 1. The number of benzene rings is 1. The Bertz CT molecular complexity index is 421. The van der Waals surface area contributed by atoms with Crippen molar-refractivity contribution in [3.63, 3.8) is 0 Å². The molecule has 0 atom stereocenters. The molecule has 0 unspecified atom stereocenters. The summed E-state index contributed by atoms with van der Waals surface area (Å²) in [6, 6.07) is 4.83. The fourth-order valence-corrected chi connectivity index (χ4v) is 1.57. The number of carboxylic acid groups (broad SMARTS) is 1. The third-order valence-electron chi connectivity index (χ3n) is 2.34. The zero-order chi connectivity index (χ0) is 12.3. The lowest BCUT2D eigenvalue weighted by atomic mass is 9.93. The lowest BCUT2D eigenvalue weighted by Gasteiger charge is -2.12. The number of methoxy groups -OCH3 is 1. The smallest absolute Gasteiger partial charge is 0.338 e. The maximum atomic E-state index is 11.4. The van der Waals surface area contributed by atoms with Gasteiger partial charge >= 0.3 is 11.9 Å². The molecule has 0 aliphatic rings. The number of aromatic carboxylic acids is 1. The van der Waals surface area contributed by atoms with E-state index in [1.807, 2.05) is 13.8 Å². The molecule has 1 N–H and O–H groups in total. The first-order chi connectivity index (χ1) is 7.49. The van der Waals surface area contributed by atoms with Crippen molar-refractivity contribution < 1.29 is 19.4 Å². The van der Waals surface area contributed by atoms with Gasteiger partial charge in [-0.15, -0.1) is 0 Å². The van der Waals surface area contributed by atoms with Gasteiger partial charge in [0, 0.05) is 0 Å². The summed E-state index contributed by atoms with van der Waals surface area (Å²) < 4.78 is 4.56. The second-order valence-electron chi connectivity index (χ2n) is 3.72. The highest BCUT2D eigenvalue weighted by Crippen LogP contribution is 2.23. The molecule has 1 aromatic rings. The number of hydrogen-bond acceptors (Lipinski definition) is 3. The zero-order valence-corrected chi connectivity index (χ0v) is 9.48. The van der Waals surface area contributed by atoms with Gasteiger partial charge in [-0.25, -0.2) is 9.59 Å². The van der Waals surface area contributed by atoms with Crippen LogP contribution in [0.25, 0.3) is 0 Å². The van der Waals surface area contributed by atoms with Crippen LogP contribution in [0.4, 0.5) is 0 Å². The summed E-state index contributed by atoms with van der Waals surface area (Å²) in [5.74, 6) is -1.69. The van der Waals surface area contributed by atoms with Gasteiger partial charge in [0.25, 0.3) is 0 Å². The number of carbonyl (C=O) groups excluding carboxylic acids is 1. The molecular formula is C12H14O4. The molecule has 0 heterocycles. The number of rotatable bonds is 3. The highest BCUT2D eigenvalue weighted by atomic mass is 16.5. The van der Waals surface area contributed by atoms with E-state index in [0.717, 1.165) is 0 Å². The van der Waals surface area contributed by atoms with Gasteiger partial charge in [-0.05, 0) is 17.5 Å². The standard InChI is InChI=1S/C12H14O4/c1-7(2)8-5-4-6-9(12(15)16-3)10(8)11(13)14/h4-7H,1-3H3,(H,13,14). The molecule has 0 aliphatic heterocycles. The second kappa shape index (κ2) is 4.79. The summed E-state index contributed by atoms with van der Waals surface area (Å²) in [6.07, 6.45) is 0. The van der Waals surface area contributed by atoms with Crippen LogP contribution in [0.5, 0.6) is 0 Å². The maximum Gasteiger partial charge on any atom is 0.338 e. The minimum atomic E-state index is -1.11. The molecule has 0 aliphatic carbocycles. The number of hydrogen-bond donors (Lipinski definition) is 1. The molecular weight excluding hydrogens is 208 g/mol. The van der Waals surface area contributed by atoms with Gasteiger partial charge in [-0.3, -0.25) is 0 Å². The fraction of sp³-hybridized carbons (Fsp3) is 0.333. The predicted molar refractivity (Wildman–Crippen MR) is 58.8 cm³/mol. The number of esters is 1. The van der Waals surface area contributed by atoms with Crippen LogP contribution in [0.3, 0.4) is 0 Å². The van der Waals surface area contributed by atoms with Crippen molar-refractivity contribution in [2.45, 2.75) is 19.8 Å². The third-order valence-corrected chi connectivity index (χ3v) is 2.34. The molecule has 1 aromatic carbocycles. The van der Waals surface area contributed by atoms with Crippen LogP contribution in [0.2, 0.25) is 0 Å². The summed E-state index contributed by atoms with van der Waals surface area (Å²) in [5, 5.41) is 9.13. The molecule has 16 heavy (non-hydrogen) atoms. The van der Waals surface area contributed by atoms with E-state index in [0.29, 0.717) is 5.56 Å². The highest BCUT2D eigenvalue weighted by Gasteiger charge is 2.21. The monoisotopic (exact) mass is 222 g/mol. The lowest BCUT2D eigenvalue weighted by molar-refractivity contribution is 0.0582. The van der Waals surface area contributed by atoms with E-state index in [1.54, 1.807) is 12.1 Å². The van der Waals surface area contributed by atoms with Crippen LogP contribution in [0.15, 0.2) is 18.2 Å². The minimum Gasteiger partial charge on any atom is -0.478 e. The Kier molecular flexibility index (Phi) is 3.66. The molecule has 0 radical (unpaired) electrons. The minimum absolute atomic E-state index is 0.0318. The van der Waals surface area contributed by atoms with Gasteiger partial charge in [0.1, 0.15) is 0 Å². The van der Waals surface area contributed by atoms with Gasteiger partial charge in [-0.1, -0.05) is 26.0 Å². The molecule has 4 nitrogen and oxygen atoms in total. The van der Waals surface area contributed by atoms with Crippen molar-refractivity contribution in [3.05, 3.63) is 34.9 Å². The Morgan fingerprint density at radius 3 is 2.38 bits per heavy atom. The van der Waals surface area contributed by atoms with Crippen LogP contribution in [-0.4, -0.2) is 24.2 Å². The predicted octanol–water partition coefficient (Wildman–Crippen LogP) is 2.29. The van der Waals surface area contributed by atoms with Crippen molar-refractivity contribution in [2.75, 3.05) is 7.11 Å². The fourth-order valence-electron chi connectivity index (χ4n) is 1.57. The normalized spacial score (nSPS) is 10.2. The number of carboxylic acids is 1. The van der Waals surface area contributed by atoms with Crippen molar-refractivity contribution in [2.24, 2.45) is 0 Å². The Labute approximate surface area is 93.9 Å². The van der Waals surface area contributed by atoms with Crippen molar-refractivity contribution in [1.82, 2.24) is 0 Å². The SMILES string of the molecule is COC(=O)c1cccc(C(C)C)c1C(=O)O. The van der Waals surface area contributed by atoms with Crippen LogP contribution in [-0.2, 0) is 4.74 Å². The molecule has 0 saturated carbocycles. The molecule has 0 aromatic heterocycles. The zero-order valence-electron chi connectivity index (χ0n) is 9.48. The summed E-state index contributed by atoms with van der Waals surface area (Å²) in [6.45, 7) is 3.76. The van der Waals surface area contributed by atoms with Crippen LogP contribution < -0.4 is 0 Å². The van der Waals surface area contributed by atoms with Crippen molar-refractivity contribution in [1.29, 1.82) is 0 Å². The van der Waals surface area contributed by atoms with E-state index in [-0.39, 0.29) is 17.0 Å². The Morgan fingerprint density at radius 1 is 1.31 bits per heavy atom. The molecule has 1 rings (SSSR count). The number of carbonyl (C=O) groups is 2. The van der Waals surface area contributed by atoms with Crippen LogP contribution in [0, 0.1) is 0 Å². The topological polar surface area (TPSA) is 63.6 Å². The molecule has 0 saturated heterocycles. The van der Waals surface area contributed by atoms with E-state index >= 15 is 0 Å². The van der Waals surface area contributed by atoms with E-state index in [4.69, 9.17) is 5.11 Å². The van der Waals surface area contributed by atoms with Gasteiger partial charge in [0.15, 0.2) is 0 Å². The average Bonchev–Trinajstić information content (AvgIpc) is 2.26. The summed E-state index contributed by atoms with van der Waals surface area (Å²) in [4.78, 5) is 22.6. The molecule has 86 valence electrons. The van der Waals surface area contributed by atoms with E-state index in [2.05, 4.69) is 4.74 Å². The maximum absolute atomic E-state index is 11.4. The van der Waals surface area contributed by atoms with Gasteiger partial charge < -0.3 is 9.84 Å². The van der Waals surface area contributed by atoms with Crippen molar-refractivity contribution >= 4 is 11.9 Å². The Balaban J connectivity index is 3.44. The molecule has 0 spiro atoms. The van der Waals surface area contributed by atoms with Gasteiger partial charge in [0.05, 0.1) is 18.2 Å². The largest absolute Gasteiger partial charge is 0.478 e. The first-order valence-corrected chi connectivity index (χ1v) is 4.93. The quantitative estimate of drug-likeness (QED) is 0.797. The van der Waals surface area contributed by atoms with Gasteiger partial charge in [0.2, 0.25) is 0 Å². The summed E-state index contributed by atoms with van der Waals surface area (Å²) >= 11 is 0. The first-order valence-electron chi connectivity index (χ1n) is 4.93. The van der Waals surface area contributed by atoms with Gasteiger partial charge in [-0.2, -0.15) is 0 Å². The van der Waals surface area contributed by atoms with Crippen LogP contribution in [0.1, 0.15) is 46.0 Å². The van der Waals surface area contributed by atoms with Crippen molar-refractivity contribution in [3.8, 4) is 0 Å². The lowest BCUT2D eigenvalue weighted by Crippen LogP contribution is -2.13. The Hall–Kier alpha value is -1.84. The highest BCUT2D eigenvalue weighted by molar-refractivity contribution is 6.03. The summed E-state index contributed by atoms with van der Waals surface area (Å²) in [7, 11) is 1.23. The first kappa shape index (κ1) is 12.2.